The molecule has 5 nitrogen and oxygen atoms in total. The third-order valence-corrected chi connectivity index (χ3v) is 5.36. The van der Waals surface area contributed by atoms with Crippen molar-refractivity contribution in [3.8, 4) is 0 Å². The first-order chi connectivity index (χ1) is 10.9. The van der Waals surface area contributed by atoms with Gasteiger partial charge in [-0.2, -0.15) is 0 Å². The molecular formula is C17H21ClN2O3. The number of rotatable bonds is 3. The summed E-state index contributed by atoms with van der Waals surface area (Å²) in [5.41, 5.74) is -0.151. The quantitative estimate of drug-likeness (QED) is 0.834. The Balaban J connectivity index is 1.76. The fourth-order valence-electron chi connectivity index (χ4n) is 3.62. The van der Waals surface area contributed by atoms with Gasteiger partial charge in [0.1, 0.15) is 5.54 Å². The van der Waals surface area contributed by atoms with Crippen LogP contribution < -0.4 is 5.32 Å². The molecular weight excluding hydrogens is 316 g/mol. The van der Waals surface area contributed by atoms with Gasteiger partial charge in [0.25, 0.3) is 5.91 Å². The van der Waals surface area contributed by atoms with Crippen molar-refractivity contribution in [3.05, 3.63) is 34.9 Å². The van der Waals surface area contributed by atoms with Crippen molar-refractivity contribution in [1.82, 2.24) is 10.2 Å². The minimum Gasteiger partial charge on any atom is -0.387 e. The Hall–Kier alpha value is -1.59. The van der Waals surface area contributed by atoms with Crippen LogP contribution >= 0.6 is 11.6 Å². The van der Waals surface area contributed by atoms with Crippen LogP contribution in [0.15, 0.2) is 24.3 Å². The van der Waals surface area contributed by atoms with E-state index >= 15 is 0 Å². The highest BCUT2D eigenvalue weighted by atomic mass is 35.5. The lowest BCUT2D eigenvalue weighted by molar-refractivity contribution is -0.135. The number of carbonyl (C=O) groups is 2. The maximum absolute atomic E-state index is 12.8. The Morgan fingerprint density at radius 1 is 1.35 bits per heavy atom. The van der Waals surface area contributed by atoms with Gasteiger partial charge in [0, 0.05) is 5.02 Å². The Morgan fingerprint density at radius 3 is 2.70 bits per heavy atom. The molecule has 1 spiro atoms. The Labute approximate surface area is 140 Å². The summed E-state index contributed by atoms with van der Waals surface area (Å²) in [6.45, 7) is 1.97. The summed E-state index contributed by atoms with van der Waals surface area (Å²) in [6, 6.07) is 6.35. The van der Waals surface area contributed by atoms with Gasteiger partial charge in [-0.05, 0) is 36.5 Å². The molecule has 1 aliphatic heterocycles. The van der Waals surface area contributed by atoms with E-state index in [0.717, 1.165) is 24.2 Å². The molecule has 3 rings (SSSR count). The molecule has 1 aromatic carbocycles. The maximum atomic E-state index is 12.8. The molecule has 23 heavy (non-hydrogen) atoms. The summed E-state index contributed by atoms with van der Waals surface area (Å²) in [4.78, 5) is 26.3. The standard InChI is InChI=1S/C17H21ClN2O3/c1-11-4-2-3-9-17(11)15(22)20(16(23)19-17)10-14(21)12-5-7-13(18)8-6-12/h5-8,11,14,21H,2-4,9-10H2,1H3,(H,19,23). The third kappa shape index (κ3) is 2.83. The van der Waals surface area contributed by atoms with Crippen LogP contribution in [0.2, 0.25) is 5.02 Å². The van der Waals surface area contributed by atoms with Crippen LogP contribution in [-0.4, -0.2) is 34.0 Å². The smallest absolute Gasteiger partial charge is 0.325 e. The molecule has 3 atom stereocenters. The largest absolute Gasteiger partial charge is 0.387 e. The van der Waals surface area contributed by atoms with Gasteiger partial charge in [0.05, 0.1) is 12.6 Å². The van der Waals surface area contributed by atoms with Crippen LogP contribution in [0.5, 0.6) is 0 Å². The highest BCUT2D eigenvalue weighted by Crippen LogP contribution is 2.38. The number of nitrogens with one attached hydrogen (secondary N) is 1. The van der Waals surface area contributed by atoms with Crippen LogP contribution in [0, 0.1) is 5.92 Å². The summed E-state index contributed by atoms with van der Waals surface area (Å²) in [5, 5.41) is 13.8. The highest BCUT2D eigenvalue weighted by molar-refractivity contribution is 6.30. The Kier molecular flexibility index (Phi) is 4.34. The first-order valence-electron chi connectivity index (χ1n) is 8.01. The zero-order valence-corrected chi connectivity index (χ0v) is 13.8. The average Bonchev–Trinajstić information content (AvgIpc) is 2.76. The van der Waals surface area contributed by atoms with Crippen molar-refractivity contribution in [2.75, 3.05) is 6.54 Å². The number of nitrogens with zero attached hydrogens (tertiary/aromatic N) is 1. The predicted molar refractivity (Wildman–Crippen MR) is 87.0 cm³/mol. The van der Waals surface area contributed by atoms with Crippen LogP contribution in [-0.2, 0) is 4.79 Å². The van der Waals surface area contributed by atoms with E-state index in [2.05, 4.69) is 5.32 Å². The molecule has 1 heterocycles. The minimum atomic E-state index is -0.920. The fourth-order valence-corrected chi connectivity index (χ4v) is 3.75. The third-order valence-electron chi connectivity index (χ3n) is 5.11. The number of amides is 3. The number of hydrogen-bond acceptors (Lipinski definition) is 3. The van der Waals surface area contributed by atoms with E-state index in [1.165, 1.54) is 0 Å². The summed E-state index contributed by atoms with van der Waals surface area (Å²) in [7, 11) is 0. The molecule has 3 amide bonds. The van der Waals surface area contributed by atoms with E-state index in [1.807, 2.05) is 6.92 Å². The molecule has 1 saturated heterocycles. The number of imide groups is 1. The summed E-state index contributed by atoms with van der Waals surface area (Å²) in [6.07, 6.45) is 2.70. The molecule has 1 aromatic rings. The number of aliphatic hydroxyl groups excluding tert-OH is 1. The molecule has 2 N–H and O–H groups in total. The SMILES string of the molecule is CC1CCCCC12NC(=O)N(CC(O)c1ccc(Cl)cc1)C2=O. The van der Waals surface area contributed by atoms with E-state index in [0.29, 0.717) is 17.0 Å². The summed E-state index contributed by atoms with van der Waals surface area (Å²) in [5.74, 6) is -0.0897. The van der Waals surface area contributed by atoms with Crippen LogP contribution in [0.3, 0.4) is 0 Å². The van der Waals surface area contributed by atoms with Crippen molar-refractivity contribution < 1.29 is 14.7 Å². The normalized spacial score (nSPS) is 29.0. The lowest BCUT2D eigenvalue weighted by Crippen LogP contribution is -2.54. The molecule has 0 radical (unpaired) electrons. The molecule has 6 heteroatoms. The van der Waals surface area contributed by atoms with Crippen molar-refractivity contribution in [3.63, 3.8) is 0 Å². The van der Waals surface area contributed by atoms with Gasteiger partial charge >= 0.3 is 6.03 Å². The van der Waals surface area contributed by atoms with E-state index in [1.54, 1.807) is 24.3 Å². The van der Waals surface area contributed by atoms with Gasteiger partial charge in [-0.25, -0.2) is 4.79 Å². The van der Waals surface area contributed by atoms with Gasteiger partial charge in [-0.1, -0.05) is 43.5 Å². The topological polar surface area (TPSA) is 69.6 Å². The Morgan fingerprint density at radius 2 is 2.04 bits per heavy atom. The van der Waals surface area contributed by atoms with Crippen molar-refractivity contribution in [2.24, 2.45) is 5.92 Å². The van der Waals surface area contributed by atoms with Crippen LogP contribution in [0.4, 0.5) is 4.79 Å². The predicted octanol–water partition coefficient (Wildman–Crippen LogP) is 2.87. The zero-order valence-electron chi connectivity index (χ0n) is 13.1. The van der Waals surface area contributed by atoms with E-state index in [9.17, 15) is 14.7 Å². The lowest BCUT2D eigenvalue weighted by Gasteiger charge is -2.36. The molecule has 2 aliphatic rings. The molecule has 0 bridgehead atoms. The van der Waals surface area contributed by atoms with Gasteiger partial charge in [0.2, 0.25) is 0 Å². The zero-order chi connectivity index (χ0) is 16.6. The van der Waals surface area contributed by atoms with Crippen molar-refractivity contribution in [1.29, 1.82) is 0 Å². The first-order valence-corrected chi connectivity index (χ1v) is 8.39. The molecule has 3 unspecified atom stereocenters. The second-order valence-electron chi connectivity index (χ2n) is 6.53. The van der Waals surface area contributed by atoms with Gasteiger partial charge in [-0.15, -0.1) is 0 Å². The molecule has 124 valence electrons. The summed E-state index contributed by atoms with van der Waals surface area (Å²) < 4.78 is 0. The number of hydrogen-bond donors (Lipinski definition) is 2. The van der Waals surface area contributed by atoms with Gasteiger partial charge < -0.3 is 10.4 Å². The Bertz CT molecular complexity index is 619. The van der Waals surface area contributed by atoms with Gasteiger partial charge in [0.15, 0.2) is 0 Å². The summed E-state index contributed by atoms with van der Waals surface area (Å²) >= 11 is 5.84. The van der Waals surface area contributed by atoms with E-state index in [4.69, 9.17) is 11.6 Å². The fraction of sp³-hybridized carbons (Fsp3) is 0.529. The monoisotopic (exact) mass is 336 g/mol. The first kappa shape index (κ1) is 16.3. The lowest BCUT2D eigenvalue weighted by atomic mass is 9.73. The van der Waals surface area contributed by atoms with E-state index in [-0.39, 0.29) is 18.4 Å². The second-order valence-corrected chi connectivity index (χ2v) is 6.97. The second kappa shape index (κ2) is 6.13. The van der Waals surface area contributed by atoms with Crippen LogP contribution in [0.25, 0.3) is 0 Å². The molecule has 1 aliphatic carbocycles. The maximum Gasteiger partial charge on any atom is 0.325 e. The van der Waals surface area contributed by atoms with Gasteiger partial charge in [-0.3, -0.25) is 9.69 Å². The van der Waals surface area contributed by atoms with Crippen molar-refractivity contribution >= 4 is 23.5 Å². The molecule has 0 aromatic heterocycles. The number of halogens is 1. The number of urea groups is 1. The number of benzene rings is 1. The number of aliphatic hydroxyl groups is 1. The number of carbonyl (C=O) groups excluding carboxylic acids is 2. The minimum absolute atomic E-state index is 0.0409. The van der Waals surface area contributed by atoms with E-state index < -0.39 is 17.7 Å². The highest BCUT2D eigenvalue weighted by Gasteiger charge is 2.55. The number of β-amino-alcohol motifs (C(OH)–C–C–N with tert-alkyl or cyclic N) is 1. The van der Waals surface area contributed by atoms with Crippen molar-refractivity contribution in [2.45, 2.75) is 44.2 Å². The van der Waals surface area contributed by atoms with Crippen LogP contribution in [0.1, 0.15) is 44.3 Å². The molecule has 1 saturated carbocycles. The molecule has 2 fully saturated rings. The average molecular weight is 337 g/mol.